The first-order chi connectivity index (χ1) is 14.1. The number of anilines is 1. The van der Waals surface area contributed by atoms with E-state index in [1.807, 2.05) is 0 Å². The SMILES string of the molecule is O=C(Nc1ccc(F)c([C@]23C[C@H]2COCC(=S)N3)c1)c1ncc(C(F)(F)F)cc1Cl. The first-order valence-electron chi connectivity index (χ1n) is 8.83. The van der Waals surface area contributed by atoms with E-state index in [-0.39, 0.29) is 23.9 Å². The van der Waals surface area contributed by atoms with Gasteiger partial charge >= 0.3 is 6.18 Å². The van der Waals surface area contributed by atoms with Gasteiger partial charge in [-0.1, -0.05) is 23.8 Å². The molecule has 4 rings (SSSR count). The summed E-state index contributed by atoms with van der Waals surface area (Å²) in [5.41, 5.74) is -1.58. The number of rotatable bonds is 3. The van der Waals surface area contributed by atoms with Crippen molar-refractivity contribution in [2.75, 3.05) is 18.5 Å². The van der Waals surface area contributed by atoms with Crippen molar-refractivity contribution in [3.05, 3.63) is 58.1 Å². The number of carbonyl (C=O) groups excluding carboxylic acids is 1. The third kappa shape index (κ3) is 3.86. The van der Waals surface area contributed by atoms with Crippen LogP contribution in [-0.4, -0.2) is 29.1 Å². The minimum atomic E-state index is -4.63. The highest BCUT2D eigenvalue weighted by Gasteiger charge is 2.58. The molecule has 0 bridgehead atoms. The van der Waals surface area contributed by atoms with Crippen LogP contribution in [0.1, 0.15) is 28.0 Å². The fourth-order valence-corrected chi connectivity index (χ4v) is 4.07. The van der Waals surface area contributed by atoms with E-state index < -0.39 is 34.0 Å². The largest absolute Gasteiger partial charge is 0.417 e. The molecular formula is C19H14ClF4N3O2S. The molecule has 5 nitrogen and oxygen atoms in total. The van der Waals surface area contributed by atoms with Crippen LogP contribution < -0.4 is 10.6 Å². The van der Waals surface area contributed by atoms with Gasteiger partial charge in [0.25, 0.3) is 5.91 Å². The minimum absolute atomic E-state index is 0.0319. The van der Waals surface area contributed by atoms with Gasteiger partial charge in [-0.2, -0.15) is 13.2 Å². The zero-order valence-electron chi connectivity index (χ0n) is 15.1. The number of halogens is 5. The number of thiocarbonyl (C=S) groups is 1. The van der Waals surface area contributed by atoms with Crippen molar-refractivity contribution >= 4 is 40.4 Å². The van der Waals surface area contributed by atoms with E-state index in [0.29, 0.717) is 35.8 Å². The molecule has 1 aromatic heterocycles. The number of hydrogen-bond acceptors (Lipinski definition) is 4. The van der Waals surface area contributed by atoms with Crippen LogP contribution in [0.5, 0.6) is 0 Å². The van der Waals surface area contributed by atoms with Crippen molar-refractivity contribution in [2.45, 2.75) is 18.1 Å². The number of alkyl halides is 3. The van der Waals surface area contributed by atoms with Crippen LogP contribution in [0, 0.1) is 11.7 Å². The van der Waals surface area contributed by atoms with Crippen LogP contribution in [-0.2, 0) is 16.5 Å². The number of nitrogens with one attached hydrogen (secondary N) is 2. The average Bonchev–Trinajstić information content (AvgIpc) is 3.36. The van der Waals surface area contributed by atoms with Crippen molar-refractivity contribution in [1.29, 1.82) is 0 Å². The molecule has 1 amide bonds. The van der Waals surface area contributed by atoms with E-state index in [9.17, 15) is 22.4 Å². The van der Waals surface area contributed by atoms with E-state index in [1.165, 1.54) is 18.2 Å². The molecule has 1 saturated heterocycles. The molecule has 2 heterocycles. The van der Waals surface area contributed by atoms with Crippen molar-refractivity contribution in [2.24, 2.45) is 5.92 Å². The van der Waals surface area contributed by atoms with E-state index in [4.69, 9.17) is 28.6 Å². The number of amides is 1. The normalized spacial score (nSPS) is 23.2. The summed E-state index contributed by atoms with van der Waals surface area (Å²) < 4.78 is 58.3. The standard InChI is InChI=1S/C19H14ClF4N3O2S/c20-13-3-9(19(22,23)24)6-25-16(13)17(28)26-11-1-2-14(21)12(4-11)18-5-10(18)7-29-8-15(30)27-18/h1-4,6,10H,5,7-8H2,(H,26,28)(H,27,30)/t10-,18-/m0/s1. The van der Waals surface area contributed by atoms with Crippen LogP contribution in [0.2, 0.25) is 5.02 Å². The number of pyridine rings is 1. The maximum Gasteiger partial charge on any atom is 0.417 e. The average molecular weight is 460 g/mol. The lowest BCUT2D eigenvalue weighted by Gasteiger charge is -2.21. The Morgan fingerprint density at radius 3 is 2.83 bits per heavy atom. The zero-order valence-corrected chi connectivity index (χ0v) is 16.7. The van der Waals surface area contributed by atoms with Crippen molar-refractivity contribution in [3.63, 3.8) is 0 Å². The first-order valence-corrected chi connectivity index (χ1v) is 9.61. The third-order valence-electron chi connectivity index (χ3n) is 5.11. The fraction of sp³-hybridized carbons (Fsp3) is 0.316. The van der Waals surface area contributed by atoms with E-state index >= 15 is 0 Å². The summed E-state index contributed by atoms with van der Waals surface area (Å²) in [6, 6.07) is 4.64. The molecular weight excluding hydrogens is 446 g/mol. The highest BCUT2D eigenvalue weighted by Crippen LogP contribution is 2.54. The Kier molecular flexibility index (Phi) is 5.19. The highest BCUT2D eigenvalue weighted by atomic mass is 35.5. The molecule has 11 heteroatoms. The van der Waals surface area contributed by atoms with Gasteiger partial charge in [-0.25, -0.2) is 9.37 Å². The number of ether oxygens (including phenoxy) is 1. The molecule has 1 aliphatic heterocycles. The molecule has 1 aromatic carbocycles. The van der Waals surface area contributed by atoms with Gasteiger partial charge in [0.1, 0.15) is 16.5 Å². The molecule has 0 unspecified atom stereocenters. The summed E-state index contributed by atoms with van der Waals surface area (Å²) in [4.78, 5) is 16.5. The quantitative estimate of drug-likeness (QED) is 0.529. The molecule has 2 aromatic rings. The summed E-state index contributed by atoms with van der Waals surface area (Å²) >= 11 is 11.0. The maximum absolute atomic E-state index is 14.6. The van der Waals surface area contributed by atoms with Gasteiger partial charge in [0.05, 0.1) is 29.3 Å². The second-order valence-corrected chi connectivity index (χ2v) is 8.04. The summed E-state index contributed by atoms with van der Waals surface area (Å²) in [6.07, 6.45) is -3.48. The predicted molar refractivity (Wildman–Crippen MR) is 105 cm³/mol. The smallest absolute Gasteiger partial charge is 0.374 e. The first kappa shape index (κ1) is 21.0. The Bertz CT molecular complexity index is 1050. The molecule has 30 heavy (non-hydrogen) atoms. The van der Waals surface area contributed by atoms with Crippen LogP contribution in [0.4, 0.5) is 23.2 Å². The Balaban J connectivity index is 1.59. The second kappa shape index (κ2) is 7.44. The number of aromatic nitrogens is 1. The van der Waals surface area contributed by atoms with Crippen LogP contribution in [0.3, 0.4) is 0 Å². The van der Waals surface area contributed by atoms with Gasteiger partial charge in [0, 0.05) is 23.4 Å². The number of benzene rings is 1. The molecule has 2 atom stereocenters. The Morgan fingerprint density at radius 1 is 1.37 bits per heavy atom. The van der Waals surface area contributed by atoms with E-state index in [1.54, 1.807) is 0 Å². The number of hydrogen-bond donors (Lipinski definition) is 2. The van der Waals surface area contributed by atoms with Crippen molar-refractivity contribution in [1.82, 2.24) is 10.3 Å². The van der Waals surface area contributed by atoms with Crippen molar-refractivity contribution in [3.8, 4) is 0 Å². The Hall–Kier alpha value is -2.30. The highest BCUT2D eigenvalue weighted by molar-refractivity contribution is 7.80. The zero-order chi connectivity index (χ0) is 21.7. The molecule has 0 radical (unpaired) electrons. The molecule has 1 aliphatic carbocycles. The predicted octanol–water partition coefficient (Wildman–Crippen LogP) is 4.31. The van der Waals surface area contributed by atoms with Gasteiger partial charge < -0.3 is 15.4 Å². The summed E-state index contributed by atoms with van der Waals surface area (Å²) in [5.74, 6) is -1.26. The van der Waals surface area contributed by atoms with Gasteiger partial charge in [0.15, 0.2) is 0 Å². The molecule has 2 aliphatic rings. The molecule has 0 spiro atoms. The lowest BCUT2D eigenvalue weighted by Crippen LogP contribution is -2.36. The van der Waals surface area contributed by atoms with Crippen LogP contribution in [0.15, 0.2) is 30.5 Å². The lowest BCUT2D eigenvalue weighted by molar-refractivity contribution is -0.137. The monoisotopic (exact) mass is 459 g/mol. The molecule has 158 valence electrons. The number of fused-ring (bicyclic) bond motifs is 1. The third-order valence-corrected chi connectivity index (χ3v) is 5.62. The Morgan fingerprint density at radius 2 is 2.13 bits per heavy atom. The van der Waals surface area contributed by atoms with Gasteiger partial charge in [0.2, 0.25) is 0 Å². The second-order valence-electron chi connectivity index (χ2n) is 7.14. The lowest BCUT2D eigenvalue weighted by atomic mass is 10.0. The molecule has 2 N–H and O–H groups in total. The topological polar surface area (TPSA) is 63.2 Å². The Labute approximate surface area is 178 Å². The molecule has 1 saturated carbocycles. The number of nitrogens with zero attached hydrogens (tertiary/aromatic N) is 1. The minimum Gasteiger partial charge on any atom is -0.374 e. The maximum atomic E-state index is 14.6. The summed E-state index contributed by atoms with van der Waals surface area (Å²) in [7, 11) is 0. The number of carbonyl (C=O) groups is 1. The van der Waals surface area contributed by atoms with Gasteiger partial charge in [-0.05, 0) is 30.7 Å². The van der Waals surface area contributed by atoms with Crippen LogP contribution >= 0.6 is 23.8 Å². The summed E-state index contributed by atoms with van der Waals surface area (Å²) in [5, 5.41) is 5.20. The van der Waals surface area contributed by atoms with Gasteiger partial charge in [-0.15, -0.1) is 0 Å². The molecule has 2 fully saturated rings. The van der Waals surface area contributed by atoms with E-state index in [0.717, 1.165) is 0 Å². The fourth-order valence-electron chi connectivity index (χ4n) is 3.56. The van der Waals surface area contributed by atoms with Crippen LogP contribution in [0.25, 0.3) is 0 Å². The van der Waals surface area contributed by atoms with Gasteiger partial charge in [-0.3, -0.25) is 4.79 Å². The van der Waals surface area contributed by atoms with E-state index in [2.05, 4.69) is 15.6 Å². The van der Waals surface area contributed by atoms with Crippen molar-refractivity contribution < 1.29 is 27.1 Å². The summed E-state index contributed by atoms with van der Waals surface area (Å²) in [6.45, 7) is 0.679.